The second kappa shape index (κ2) is 9.53. The van der Waals surface area contributed by atoms with Gasteiger partial charge in [0.2, 0.25) is 11.5 Å². The molecule has 2 atom stereocenters. The van der Waals surface area contributed by atoms with Gasteiger partial charge in [0.1, 0.15) is 5.75 Å². The molecule has 2 unspecified atom stereocenters. The van der Waals surface area contributed by atoms with Gasteiger partial charge in [-0.25, -0.2) is 0 Å². The topological polar surface area (TPSA) is 40.2 Å². The Hall–Kier alpha value is -1.14. The van der Waals surface area contributed by atoms with E-state index in [9.17, 15) is 0 Å². The number of hydrogen-bond acceptors (Lipinski definition) is 5. The molecule has 1 heterocycles. The highest BCUT2D eigenvalue weighted by atomic mass is 16.8. The maximum Gasteiger partial charge on any atom is 0.214 e. The minimum Gasteiger partial charge on any atom is -0.403 e. The molecule has 5 heteroatoms. The third-order valence-corrected chi connectivity index (χ3v) is 4.85. The van der Waals surface area contributed by atoms with E-state index in [1.165, 1.54) is 0 Å². The summed E-state index contributed by atoms with van der Waals surface area (Å²) in [5.41, 5.74) is -0.820. The highest BCUT2D eigenvalue weighted by Gasteiger charge is 2.58. The van der Waals surface area contributed by atoms with Crippen LogP contribution in [0.2, 0.25) is 0 Å². The van der Waals surface area contributed by atoms with Crippen molar-refractivity contribution in [3.63, 3.8) is 0 Å². The fraction of sp³-hybridized carbons (Fsp3) is 0.700. The van der Waals surface area contributed by atoms with Crippen molar-refractivity contribution < 1.29 is 19.0 Å². The van der Waals surface area contributed by atoms with Crippen LogP contribution in [0.1, 0.15) is 52.9 Å². The molecule has 25 heavy (non-hydrogen) atoms. The van der Waals surface area contributed by atoms with E-state index in [2.05, 4.69) is 6.92 Å². The van der Waals surface area contributed by atoms with Crippen LogP contribution in [0.5, 0.6) is 5.75 Å². The lowest BCUT2D eigenvalue weighted by molar-refractivity contribution is -0.413. The summed E-state index contributed by atoms with van der Waals surface area (Å²) in [6.45, 7) is 8.15. The minimum absolute atomic E-state index is 0.556. The van der Waals surface area contributed by atoms with Crippen molar-refractivity contribution in [2.24, 2.45) is 0 Å². The van der Waals surface area contributed by atoms with Crippen LogP contribution in [-0.4, -0.2) is 43.4 Å². The molecule has 0 N–H and O–H groups in total. The Morgan fingerprint density at radius 1 is 1.08 bits per heavy atom. The van der Waals surface area contributed by atoms with Crippen LogP contribution in [0.25, 0.3) is 0 Å². The van der Waals surface area contributed by atoms with Gasteiger partial charge >= 0.3 is 0 Å². The molecule has 1 saturated heterocycles. The van der Waals surface area contributed by atoms with Crippen LogP contribution in [0.15, 0.2) is 30.3 Å². The van der Waals surface area contributed by atoms with Crippen LogP contribution < -0.4 is 4.84 Å². The average Bonchev–Trinajstić information content (AvgIpc) is 2.63. The lowest BCUT2D eigenvalue weighted by Crippen LogP contribution is -2.69. The first-order valence-electron chi connectivity index (χ1n) is 9.45. The molecule has 0 amide bonds. The summed E-state index contributed by atoms with van der Waals surface area (Å²) in [7, 11) is 1.69. The number of unbranched alkanes of at least 4 members (excludes halogenated alkanes) is 2. The Balaban J connectivity index is 2.24. The molecule has 1 aromatic rings. The number of nitrogens with zero attached hydrogens (tertiary/aromatic N) is 1. The van der Waals surface area contributed by atoms with E-state index in [0.29, 0.717) is 13.2 Å². The van der Waals surface area contributed by atoms with Crippen LogP contribution in [0, 0.1) is 0 Å². The summed E-state index contributed by atoms with van der Waals surface area (Å²) in [5.74, 6) is -0.0599. The number of rotatable bonds is 10. The van der Waals surface area contributed by atoms with Crippen molar-refractivity contribution in [1.82, 2.24) is 5.06 Å². The predicted octanol–water partition coefficient (Wildman–Crippen LogP) is 4.38. The molecule has 0 aromatic heterocycles. The van der Waals surface area contributed by atoms with Gasteiger partial charge in [-0.2, -0.15) is 0 Å². The van der Waals surface area contributed by atoms with Crippen molar-refractivity contribution in [2.45, 2.75) is 64.4 Å². The Morgan fingerprint density at radius 2 is 1.84 bits per heavy atom. The molecule has 142 valence electrons. The van der Waals surface area contributed by atoms with E-state index in [1.54, 1.807) is 7.11 Å². The summed E-state index contributed by atoms with van der Waals surface area (Å²) in [6.07, 6.45) is 5.00. The number of ether oxygens (including phenoxy) is 3. The minimum atomic E-state index is -0.846. The van der Waals surface area contributed by atoms with Crippen molar-refractivity contribution in [3.8, 4) is 5.75 Å². The SMILES string of the molecule is CCCCCOC1(C)N(Oc2ccccc2)CCCC1(OC)OCC. The molecule has 1 aliphatic rings. The lowest BCUT2D eigenvalue weighted by atomic mass is 9.93. The molecule has 1 aliphatic heterocycles. The van der Waals surface area contributed by atoms with Gasteiger partial charge in [-0.15, -0.1) is 5.06 Å². The molecule has 0 radical (unpaired) electrons. The molecule has 5 nitrogen and oxygen atoms in total. The van der Waals surface area contributed by atoms with E-state index < -0.39 is 11.5 Å². The summed E-state index contributed by atoms with van der Waals surface area (Å²) < 4.78 is 18.3. The van der Waals surface area contributed by atoms with Gasteiger partial charge in [0.15, 0.2) is 0 Å². The van der Waals surface area contributed by atoms with E-state index in [1.807, 2.05) is 49.2 Å². The van der Waals surface area contributed by atoms with Crippen LogP contribution in [-0.2, 0) is 14.2 Å². The van der Waals surface area contributed by atoms with E-state index >= 15 is 0 Å². The lowest BCUT2D eigenvalue weighted by Gasteiger charge is -2.53. The van der Waals surface area contributed by atoms with Gasteiger partial charge in [0, 0.05) is 33.3 Å². The first-order valence-corrected chi connectivity index (χ1v) is 9.45. The molecule has 0 bridgehead atoms. The van der Waals surface area contributed by atoms with E-state index in [0.717, 1.165) is 44.4 Å². The number of piperidine rings is 1. The Bertz CT molecular complexity index is 494. The van der Waals surface area contributed by atoms with Crippen molar-refractivity contribution >= 4 is 0 Å². The molecule has 0 spiro atoms. The van der Waals surface area contributed by atoms with Gasteiger partial charge in [-0.05, 0) is 38.8 Å². The Labute approximate surface area is 152 Å². The zero-order valence-electron chi connectivity index (χ0n) is 16.1. The first-order chi connectivity index (χ1) is 12.1. The van der Waals surface area contributed by atoms with Gasteiger partial charge in [-0.3, -0.25) is 0 Å². The third kappa shape index (κ3) is 4.53. The number of para-hydroxylation sites is 1. The standard InChI is InChI=1S/C20H33NO4/c1-5-7-11-17-24-19(3)20(22-4,23-6-2)15-12-16-21(19)25-18-13-9-8-10-14-18/h8-10,13-14H,5-7,11-12,15-17H2,1-4H3. The molecule has 0 saturated carbocycles. The monoisotopic (exact) mass is 351 g/mol. The third-order valence-electron chi connectivity index (χ3n) is 4.85. The summed E-state index contributed by atoms with van der Waals surface area (Å²) in [4.78, 5) is 6.18. The van der Waals surface area contributed by atoms with Crippen LogP contribution >= 0.6 is 0 Å². The number of benzene rings is 1. The zero-order chi connectivity index (χ0) is 18.2. The summed E-state index contributed by atoms with van der Waals surface area (Å²) in [5, 5.41) is 1.89. The van der Waals surface area contributed by atoms with Crippen molar-refractivity contribution in [1.29, 1.82) is 0 Å². The number of hydrogen-bond donors (Lipinski definition) is 0. The highest BCUT2D eigenvalue weighted by molar-refractivity contribution is 5.21. The second-order valence-electron chi connectivity index (χ2n) is 6.54. The Kier molecular flexibility index (Phi) is 7.69. The van der Waals surface area contributed by atoms with Gasteiger partial charge in [-0.1, -0.05) is 38.0 Å². The molecule has 0 aliphatic carbocycles. The second-order valence-corrected chi connectivity index (χ2v) is 6.54. The predicted molar refractivity (Wildman–Crippen MR) is 98.3 cm³/mol. The molecule has 1 aromatic carbocycles. The maximum absolute atomic E-state index is 6.37. The fourth-order valence-corrected chi connectivity index (χ4v) is 3.43. The largest absolute Gasteiger partial charge is 0.403 e. The summed E-state index contributed by atoms with van der Waals surface area (Å²) >= 11 is 0. The zero-order valence-corrected chi connectivity index (χ0v) is 16.1. The number of methoxy groups -OCH3 is 1. The fourth-order valence-electron chi connectivity index (χ4n) is 3.43. The molecular weight excluding hydrogens is 318 g/mol. The van der Waals surface area contributed by atoms with Crippen molar-refractivity contribution in [3.05, 3.63) is 30.3 Å². The van der Waals surface area contributed by atoms with Crippen LogP contribution in [0.3, 0.4) is 0 Å². The van der Waals surface area contributed by atoms with Gasteiger partial charge < -0.3 is 19.0 Å². The Morgan fingerprint density at radius 3 is 2.48 bits per heavy atom. The smallest absolute Gasteiger partial charge is 0.214 e. The molecule has 1 fully saturated rings. The molecule has 2 rings (SSSR count). The summed E-state index contributed by atoms with van der Waals surface area (Å²) in [6, 6.07) is 9.79. The van der Waals surface area contributed by atoms with Gasteiger partial charge in [0.05, 0.1) is 0 Å². The van der Waals surface area contributed by atoms with E-state index in [4.69, 9.17) is 19.0 Å². The maximum atomic E-state index is 6.37. The normalized spacial score (nSPS) is 27.4. The van der Waals surface area contributed by atoms with E-state index in [-0.39, 0.29) is 0 Å². The number of hydroxylamine groups is 2. The molecular formula is C20H33NO4. The van der Waals surface area contributed by atoms with Crippen LogP contribution in [0.4, 0.5) is 0 Å². The quantitative estimate of drug-likeness (QED) is 0.462. The highest BCUT2D eigenvalue weighted by Crippen LogP contribution is 2.42. The van der Waals surface area contributed by atoms with Crippen molar-refractivity contribution in [2.75, 3.05) is 26.9 Å². The average molecular weight is 351 g/mol. The van der Waals surface area contributed by atoms with Gasteiger partial charge in [0.25, 0.3) is 0 Å². The first kappa shape index (κ1) is 20.2.